The molecule has 0 spiro atoms. The molecule has 182 valence electrons. The number of anilines is 1. The number of rotatable bonds is 7. The lowest BCUT2D eigenvalue weighted by Crippen LogP contribution is -2.57. The van der Waals surface area contributed by atoms with Crippen LogP contribution in [0, 0.1) is 11.8 Å². The highest BCUT2D eigenvalue weighted by Crippen LogP contribution is 2.21. The predicted molar refractivity (Wildman–Crippen MR) is 132 cm³/mol. The number of carbonyl (C=O) groups is 1. The summed E-state index contributed by atoms with van der Waals surface area (Å²) in [7, 11) is 0. The Bertz CT molecular complexity index is 1230. The van der Waals surface area contributed by atoms with Gasteiger partial charge in [0.1, 0.15) is 6.26 Å². The van der Waals surface area contributed by atoms with Crippen molar-refractivity contribution in [3.05, 3.63) is 72.1 Å². The number of hydrogen-bond acceptors (Lipinski definition) is 6. The Hall–Kier alpha value is -3.49. The van der Waals surface area contributed by atoms with Crippen LogP contribution in [0.15, 0.2) is 65.4 Å². The van der Waals surface area contributed by atoms with E-state index in [0.29, 0.717) is 32.1 Å². The molecule has 1 aromatic heterocycles. The smallest absolute Gasteiger partial charge is 0.305 e. The van der Waals surface area contributed by atoms with Crippen molar-refractivity contribution in [2.45, 2.75) is 19.4 Å². The molecule has 1 aliphatic rings. The molecule has 0 amide bonds. The Morgan fingerprint density at radius 2 is 1.86 bits per heavy atom. The van der Waals surface area contributed by atoms with Crippen LogP contribution in [0.25, 0.3) is 11.5 Å². The van der Waals surface area contributed by atoms with Gasteiger partial charge in [-0.25, -0.2) is 14.2 Å². The first-order chi connectivity index (χ1) is 16.9. The Balaban J connectivity index is 1.37. The van der Waals surface area contributed by atoms with E-state index in [2.05, 4.69) is 21.7 Å². The van der Waals surface area contributed by atoms with Crippen LogP contribution in [0.4, 0.5) is 5.69 Å². The number of carboxylic acids is 1. The first-order valence-electron chi connectivity index (χ1n) is 11.1. The molecular weight excluding hydrogens is 468 g/mol. The largest absolute Gasteiger partial charge is 0.481 e. The average molecular weight is 495 g/mol. The van der Waals surface area contributed by atoms with Crippen LogP contribution < -0.4 is 4.90 Å². The Morgan fingerprint density at radius 3 is 2.49 bits per heavy atom. The molecule has 10 heteroatoms. The first kappa shape index (κ1) is 24.6. The number of oxazole rings is 1. The molecule has 0 saturated carbocycles. The van der Waals surface area contributed by atoms with Gasteiger partial charge >= 0.3 is 5.97 Å². The Labute approximate surface area is 206 Å². The van der Waals surface area contributed by atoms with E-state index in [9.17, 15) is 13.6 Å². The zero-order valence-corrected chi connectivity index (χ0v) is 20.0. The van der Waals surface area contributed by atoms with Gasteiger partial charge in [-0.3, -0.25) is 9.35 Å². The lowest BCUT2D eigenvalue weighted by atomic mass is 10.1. The molecule has 35 heavy (non-hydrogen) atoms. The van der Waals surface area contributed by atoms with Gasteiger partial charge in [0.25, 0.3) is 0 Å². The van der Waals surface area contributed by atoms with E-state index in [1.54, 1.807) is 24.4 Å². The summed E-state index contributed by atoms with van der Waals surface area (Å²) in [5.41, 5.74) is 3.66. The topological polar surface area (TPSA) is 110 Å². The number of carboxylic acid groups (broad SMARTS) is 1. The fraction of sp³-hybridized carbons (Fsp3) is 0.280. The second-order valence-corrected chi connectivity index (χ2v) is 8.97. The highest BCUT2D eigenvalue weighted by atomic mass is 32.2. The second kappa shape index (κ2) is 11.3. The molecule has 2 N–H and O–H groups in total. The lowest BCUT2D eigenvalue weighted by Gasteiger charge is -2.41. The third kappa shape index (κ3) is 6.35. The molecule has 1 fully saturated rings. The van der Waals surface area contributed by atoms with Crippen LogP contribution in [0.3, 0.4) is 0 Å². The molecule has 1 saturated heterocycles. The number of nitrogens with zero attached hydrogens (tertiary/aromatic N) is 4. The van der Waals surface area contributed by atoms with Gasteiger partial charge in [-0.05, 0) is 49.4 Å². The number of hydrazine groups is 1. The van der Waals surface area contributed by atoms with Crippen molar-refractivity contribution in [3.8, 4) is 23.3 Å². The van der Waals surface area contributed by atoms with E-state index in [0.717, 1.165) is 22.4 Å². The molecule has 2 atom stereocenters. The van der Waals surface area contributed by atoms with Gasteiger partial charge in [0.2, 0.25) is 17.2 Å². The maximum atomic E-state index is 11.8. The highest BCUT2D eigenvalue weighted by molar-refractivity contribution is 7.76. The zero-order chi connectivity index (χ0) is 24.8. The third-order valence-electron chi connectivity index (χ3n) is 5.67. The third-order valence-corrected chi connectivity index (χ3v) is 6.58. The van der Waals surface area contributed by atoms with Gasteiger partial charge in [-0.15, -0.1) is 4.41 Å². The molecule has 2 aromatic carbocycles. The fourth-order valence-corrected chi connectivity index (χ4v) is 4.75. The van der Waals surface area contributed by atoms with Gasteiger partial charge in [-0.1, -0.05) is 17.9 Å². The van der Waals surface area contributed by atoms with Crippen LogP contribution in [-0.4, -0.2) is 66.5 Å². The van der Waals surface area contributed by atoms with Crippen LogP contribution in [0.5, 0.6) is 0 Å². The first-order valence-corrected chi connectivity index (χ1v) is 12.2. The van der Waals surface area contributed by atoms with Crippen molar-refractivity contribution in [3.63, 3.8) is 0 Å². The van der Waals surface area contributed by atoms with Crippen molar-refractivity contribution >= 4 is 22.9 Å². The number of piperazine rings is 1. The molecule has 3 aromatic rings. The average Bonchev–Trinajstić information content (AvgIpc) is 3.38. The molecule has 9 nitrogen and oxygen atoms in total. The van der Waals surface area contributed by atoms with E-state index in [4.69, 9.17) is 9.52 Å². The normalized spacial score (nSPS) is 15.9. The minimum Gasteiger partial charge on any atom is -0.481 e. The quantitative estimate of drug-likeness (QED) is 0.381. The maximum Gasteiger partial charge on any atom is 0.305 e. The molecule has 2 heterocycles. The zero-order valence-electron chi connectivity index (χ0n) is 19.2. The summed E-state index contributed by atoms with van der Waals surface area (Å²) in [6.07, 6.45) is 2.94. The fourth-order valence-electron chi connectivity index (χ4n) is 4.01. The number of aromatic nitrogens is 1. The molecule has 0 aliphatic carbocycles. The maximum absolute atomic E-state index is 11.8. The standard InChI is InChI=1S/C25H26N4O5S/c1-19(17-24(30)31)29(35(32)33)28-14-12-27(13-15-28)23-9-7-20(8-10-23)5-6-21-3-2-4-22(18-21)25-26-11-16-34-25/h2-4,7-11,16,18-19H,12-15,17H2,1H3,(H,30,31)(H,32,33). The van der Waals surface area contributed by atoms with Crippen molar-refractivity contribution < 1.29 is 23.1 Å². The van der Waals surface area contributed by atoms with Crippen molar-refractivity contribution in [1.82, 2.24) is 14.4 Å². The molecule has 4 rings (SSSR count). The van der Waals surface area contributed by atoms with E-state index in [1.807, 2.05) is 48.5 Å². The van der Waals surface area contributed by atoms with Gasteiger partial charge in [0.05, 0.1) is 12.6 Å². The van der Waals surface area contributed by atoms with E-state index >= 15 is 0 Å². The summed E-state index contributed by atoms with van der Waals surface area (Å²) in [5.74, 6) is 5.91. The summed E-state index contributed by atoms with van der Waals surface area (Å²) in [4.78, 5) is 17.4. The molecular formula is C25H26N4O5S. The summed E-state index contributed by atoms with van der Waals surface area (Å²) in [5, 5.41) is 10.8. The minimum atomic E-state index is -2.28. The second-order valence-electron chi connectivity index (χ2n) is 8.14. The number of aliphatic carboxylic acids is 1. The SMILES string of the molecule is CC(CC(=O)O)N(N1CCN(c2ccc(C#Cc3cccc(-c4ncco4)c3)cc2)CC1)S(=O)O. The van der Waals surface area contributed by atoms with E-state index < -0.39 is 23.3 Å². The van der Waals surface area contributed by atoms with Crippen LogP contribution in [0.2, 0.25) is 0 Å². The van der Waals surface area contributed by atoms with Crippen molar-refractivity contribution in [2.24, 2.45) is 0 Å². The summed E-state index contributed by atoms with van der Waals surface area (Å²) >= 11 is -2.28. The van der Waals surface area contributed by atoms with Gasteiger partial charge in [-0.2, -0.15) is 0 Å². The number of benzene rings is 2. The van der Waals surface area contributed by atoms with Crippen LogP contribution >= 0.6 is 0 Å². The Morgan fingerprint density at radius 1 is 1.14 bits per heavy atom. The summed E-state index contributed by atoms with van der Waals surface area (Å²) < 4.78 is 28.1. The molecule has 2 unspecified atom stereocenters. The minimum absolute atomic E-state index is 0.209. The predicted octanol–water partition coefficient (Wildman–Crippen LogP) is 3.08. The van der Waals surface area contributed by atoms with E-state index in [-0.39, 0.29) is 6.42 Å². The van der Waals surface area contributed by atoms with Gasteiger partial charge < -0.3 is 14.4 Å². The molecule has 0 radical (unpaired) electrons. The molecule has 0 bridgehead atoms. The highest BCUT2D eigenvalue weighted by Gasteiger charge is 2.30. The summed E-state index contributed by atoms with van der Waals surface area (Å²) in [6.45, 7) is 3.95. The van der Waals surface area contributed by atoms with Crippen LogP contribution in [-0.2, 0) is 16.1 Å². The monoisotopic (exact) mass is 494 g/mol. The van der Waals surface area contributed by atoms with Gasteiger partial charge in [0, 0.05) is 54.6 Å². The van der Waals surface area contributed by atoms with Crippen molar-refractivity contribution in [1.29, 1.82) is 0 Å². The molecule has 1 aliphatic heterocycles. The van der Waals surface area contributed by atoms with E-state index in [1.165, 1.54) is 4.41 Å². The Kier molecular flexibility index (Phi) is 7.94. The van der Waals surface area contributed by atoms with Gasteiger partial charge in [0.15, 0.2) is 0 Å². The lowest BCUT2D eigenvalue weighted by molar-refractivity contribution is -0.139. The number of hydrogen-bond donors (Lipinski definition) is 2. The summed E-state index contributed by atoms with van der Waals surface area (Å²) in [6, 6.07) is 15.1. The van der Waals surface area contributed by atoms with Crippen molar-refractivity contribution in [2.75, 3.05) is 31.1 Å². The van der Waals surface area contributed by atoms with Crippen LogP contribution in [0.1, 0.15) is 24.5 Å².